The molecule has 0 saturated heterocycles. The Kier molecular flexibility index (Phi) is 5.81. The lowest BCUT2D eigenvalue weighted by Gasteiger charge is -2.09. The molecule has 0 bridgehead atoms. The van der Waals surface area contributed by atoms with Crippen molar-refractivity contribution in [2.24, 2.45) is 5.92 Å². The van der Waals surface area contributed by atoms with E-state index in [1.54, 1.807) is 6.92 Å². The Balaban J connectivity index is 3.69. The first-order chi connectivity index (χ1) is 5.22. The minimum atomic E-state index is 0.229. The summed E-state index contributed by atoms with van der Waals surface area (Å²) >= 11 is 0. The molecule has 0 aliphatic heterocycles. The first-order valence-corrected chi connectivity index (χ1v) is 4.33. The molecule has 0 spiro atoms. The summed E-state index contributed by atoms with van der Waals surface area (Å²) in [7, 11) is 0. The van der Waals surface area contributed by atoms with Crippen LogP contribution in [0.15, 0.2) is 12.7 Å². The molecule has 0 aromatic rings. The Morgan fingerprint density at radius 1 is 1.64 bits per heavy atom. The summed E-state index contributed by atoms with van der Waals surface area (Å²) in [6.45, 7) is 7.45. The number of ketones is 1. The highest BCUT2D eigenvalue weighted by Crippen LogP contribution is 2.13. The topological polar surface area (TPSA) is 17.1 Å². The molecule has 1 nitrogen and oxygen atoms in total. The van der Waals surface area contributed by atoms with Crippen molar-refractivity contribution in [3.63, 3.8) is 0 Å². The average Bonchev–Trinajstić information content (AvgIpc) is 1.97. The highest BCUT2D eigenvalue weighted by atomic mass is 16.1. The first kappa shape index (κ1) is 10.4. The molecule has 0 aromatic heterocycles. The Labute approximate surface area is 69.5 Å². The SMILES string of the molecule is C=CCC(CCCC)C(C)=O. The molecular weight excluding hydrogens is 136 g/mol. The normalized spacial score (nSPS) is 12.5. The van der Waals surface area contributed by atoms with Crippen LogP contribution < -0.4 is 0 Å². The zero-order valence-electron chi connectivity index (χ0n) is 7.60. The van der Waals surface area contributed by atoms with Crippen LogP contribution >= 0.6 is 0 Å². The number of hydrogen-bond donors (Lipinski definition) is 0. The Morgan fingerprint density at radius 2 is 2.27 bits per heavy atom. The van der Waals surface area contributed by atoms with Crippen molar-refractivity contribution in [1.29, 1.82) is 0 Å². The number of hydrogen-bond acceptors (Lipinski definition) is 1. The van der Waals surface area contributed by atoms with Crippen molar-refractivity contribution >= 4 is 5.78 Å². The van der Waals surface area contributed by atoms with Crippen molar-refractivity contribution in [3.05, 3.63) is 12.7 Å². The molecule has 1 heteroatoms. The van der Waals surface area contributed by atoms with E-state index < -0.39 is 0 Å². The van der Waals surface area contributed by atoms with Crippen molar-refractivity contribution < 1.29 is 4.79 Å². The Hall–Kier alpha value is -0.590. The van der Waals surface area contributed by atoms with Gasteiger partial charge in [0.05, 0.1) is 0 Å². The molecule has 0 aliphatic rings. The van der Waals surface area contributed by atoms with Gasteiger partial charge in [-0.05, 0) is 19.8 Å². The molecule has 0 heterocycles. The van der Waals surface area contributed by atoms with E-state index >= 15 is 0 Å². The molecule has 11 heavy (non-hydrogen) atoms. The third-order valence-corrected chi connectivity index (χ3v) is 1.93. The Morgan fingerprint density at radius 3 is 2.64 bits per heavy atom. The maximum Gasteiger partial charge on any atom is 0.133 e. The number of carbonyl (C=O) groups is 1. The summed E-state index contributed by atoms with van der Waals surface area (Å²) in [4.78, 5) is 11.0. The van der Waals surface area contributed by atoms with Crippen molar-refractivity contribution in [1.82, 2.24) is 0 Å². The number of allylic oxidation sites excluding steroid dienone is 1. The third-order valence-electron chi connectivity index (χ3n) is 1.93. The van der Waals surface area contributed by atoms with E-state index in [0.717, 1.165) is 19.3 Å². The van der Waals surface area contributed by atoms with E-state index in [1.165, 1.54) is 6.42 Å². The predicted molar refractivity (Wildman–Crippen MR) is 48.5 cm³/mol. The summed E-state index contributed by atoms with van der Waals surface area (Å²) in [6, 6.07) is 0. The van der Waals surface area contributed by atoms with Gasteiger partial charge in [-0.3, -0.25) is 4.79 Å². The van der Waals surface area contributed by atoms with Crippen LogP contribution in [0.3, 0.4) is 0 Å². The largest absolute Gasteiger partial charge is 0.300 e. The zero-order valence-corrected chi connectivity index (χ0v) is 7.60. The first-order valence-electron chi connectivity index (χ1n) is 4.33. The maximum absolute atomic E-state index is 11.0. The second-order valence-electron chi connectivity index (χ2n) is 2.97. The van der Waals surface area contributed by atoms with E-state index in [-0.39, 0.29) is 5.92 Å². The predicted octanol–water partition coefficient (Wildman–Crippen LogP) is 2.96. The van der Waals surface area contributed by atoms with Gasteiger partial charge < -0.3 is 0 Å². The van der Waals surface area contributed by atoms with Crippen LogP contribution in [-0.4, -0.2) is 5.78 Å². The van der Waals surface area contributed by atoms with Gasteiger partial charge in [-0.2, -0.15) is 0 Å². The van der Waals surface area contributed by atoms with Crippen molar-refractivity contribution in [2.45, 2.75) is 39.5 Å². The highest BCUT2D eigenvalue weighted by molar-refractivity contribution is 5.78. The number of Topliss-reactive ketones (excluding diaryl/α,β-unsaturated/α-hetero) is 1. The van der Waals surface area contributed by atoms with E-state index in [9.17, 15) is 4.79 Å². The fourth-order valence-electron chi connectivity index (χ4n) is 1.14. The van der Waals surface area contributed by atoms with Crippen LogP contribution in [-0.2, 0) is 4.79 Å². The lowest BCUT2D eigenvalue weighted by Crippen LogP contribution is -2.09. The van der Waals surface area contributed by atoms with Gasteiger partial charge in [-0.15, -0.1) is 6.58 Å². The van der Waals surface area contributed by atoms with Crippen LogP contribution in [0.4, 0.5) is 0 Å². The van der Waals surface area contributed by atoms with Crippen molar-refractivity contribution in [2.75, 3.05) is 0 Å². The minimum absolute atomic E-state index is 0.229. The van der Waals surface area contributed by atoms with Crippen LogP contribution in [0.1, 0.15) is 39.5 Å². The molecule has 0 N–H and O–H groups in total. The standard InChI is InChI=1S/C10H18O/c1-4-6-8-10(7-5-2)9(3)11/h5,10H,2,4,6-8H2,1,3H3. The van der Waals surface area contributed by atoms with Gasteiger partial charge in [-0.25, -0.2) is 0 Å². The van der Waals surface area contributed by atoms with E-state index in [1.807, 2.05) is 6.08 Å². The average molecular weight is 154 g/mol. The fourth-order valence-corrected chi connectivity index (χ4v) is 1.14. The van der Waals surface area contributed by atoms with Crippen LogP contribution in [0, 0.1) is 5.92 Å². The lowest BCUT2D eigenvalue weighted by atomic mass is 9.95. The van der Waals surface area contributed by atoms with Gasteiger partial charge in [0.15, 0.2) is 0 Å². The van der Waals surface area contributed by atoms with Crippen LogP contribution in [0.2, 0.25) is 0 Å². The Bertz CT molecular complexity index is 127. The second kappa shape index (κ2) is 6.14. The number of carbonyl (C=O) groups excluding carboxylic acids is 1. The van der Waals surface area contributed by atoms with Crippen LogP contribution in [0.25, 0.3) is 0 Å². The van der Waals surface area contributed by atoms with Gasteiger partial charge >= 0.3 is 0 Å². The molecule has 0 saturated carbocycles. The molecule has 1 unspecified atom stereocenters. The van der Waals surface area contributed by atoms with Gasteiger partial charge in [-0.1, -0.05) is 25.8 Å². The molecule has 1 atom stereocenters. The monoisotopic (exact) mass is 154 g/mol. The summed E-state index contributed by atoms with van der Waals surface area (Å²) in [5.41, 5.74) is 0. The van der Waals surface area contributed by atoms with Gasteiger partial charge in [0.1, 0.15) is 5.78 Å². The second-order valence-corrected chi connectivity index (χ2v) is 2.97. The minimum Gasteiger partial charge on any atom is -0.300 e. The van der Waals surface area contributed by atoms with E-state index in [2.05, 4.69) is 13.5 Å². The summed E-state index contributed by atoms with van der Waals surface area (Å²) in [5.74, 6) is 0.533. The van der Waals surface area contributed by atoms with Gasteiger partial charge in [0, 0.05) is 5.92 Å². The molecule has 0 radical (unpaired) electrons. The zero-order chi connectivity index (χ0) is 8.69. The smallest absolute Gasteiger partial charge is 0.133 e. The number of rotatable bonds is 6. The molecule has 0 aliphatic carbocycles. The molecule has 0 rings (SSSR count). The lowest BCUT2D eigenvalue weighted by molar-refractivity contribution is -0.120. The maximum atomic E-state index is 11.0. The van der Waals surface area contributed by atoms with E-state index in [4.69, 9.17) is 0 Å². The quantitative estimate of drug-likeness (QED) is 0.537. The number of unbranched alkanes of at least 4 members (excludes halogenated alkanes) is 1. The molecule has 0 amide bonds. The van der Waals surface area contributed by atoms with Gasteiger partial charge in [0.25, 0.3) is 0 Å². The van der Waals surface area contributed by atoms with Crippen molar-refractivity contribution in [3.8, 4) is 0 Å². The van der Waals surface area contributed by atoms with Crippen LogP contribution in [0.5, 0.6) is 0 Å². The highest BCUT2D eigenvalue weighted by Gasteiger charge is 2.10. The molecule has 64 valence electrons. The summed E-state index contributed by atoms with van der Waals surface area (Å²) in [6.07, 6.45) is 6.02. The molecule has 0 fully saturated rings. The molecule has 0 aromatic carbocycles. The van der Waals surface area contributed by atoms with Gasteiger partial charge in [0.2, 0.25) is 0 Å². The summed E-state index contributed by atoms with van der Waals surface area (Å²) < 4.78 is 0. The third kappa shape index (κ3) is 4.77. The van der Waals surface area contributed by atoms with E-state index in [0.29, 0.717) is 5.78 Å². The molecular formula is C10H18O. The summed E-state index contributed by atoms with van der Waals surface area (Å²) in [5, 5.41) is 0. The fraction of sp³-hybridized carbons (Fsp3) is 0.700.